The number of para-hydroxylation sites is 1. The summed E-state index contributed by atoms with van der Waals surface area (Å²) < 4.78 is 27.8. The fraction of sp³-hybridized carbons (Fsp3) is 0.0741. The molecule has 1 heterocycles. The lowest BCUT2D eigenvalue weighted by atomic mass is 10.1. The maximum absolute atomic E-state index is 12.9. The van der Waals surface area contributed by atoms with E-state index < -0.39 is 15.9 Å². The highest BCUT2D eigenvalue weighted by molar-refractivity contribution is 7.92. The van der Waals surface area contributed by atoms with Gasteiger partial charge in [-0.05, 0) is 66.6 Å². The van der Waals surface area contributed by atoms with E-state index in [1.807, 2.05) is 6.07 Å². The van der Waals surface area contributed by atoms with Gasteiger partial charge in [0, 0.05) is 24.5 Å². The smallest absolute Gasteiger partial charge is 0.261 e. The van der Waals surface area contributed by atoms with Gasteiger partial charge in [0.15, 0.2) is 0 Å². The van der Waals surface area contributed by atoms with Gasteiger partial charge in [-0.25, -0.2) is 8.42 Å². The molecule has 3 N–H and O–H groups in total. The summed E-state index contributed by atoms with van der Waals surface area (Å²) in [5.41, 5.74) is 2.79. The van der Waals surface area contributed by atoms with E-state index in [0.29, 0.717) is 34.6 Å². The van der Waals surface area contributed by atoms with E-state index in [1.54, 1.807) is 73.9 Å². The molecule has 0 bridgehead atoms. The number of carbonyl (C=O) groups excluding carboxylic acids is 2. The second-order valence-electron chi connectivity index (χ2n) is 7.99. The van der Waals surface area contributed by atoms with Gasteiger partial charge in [-0.2, -0.15) is 0 Å². The predicted molar refractivity (Wildman–Crippen MR) is 138 cm³/mol. The summed E-state index contributed by atoms with van der Waals surface area (Å²) >= 11 is 0. The Bertz CT molecular complexity index is 1490. The minimum absolute atomic E-state index is 0.143. The number of anilines is 2. The topological polar surface area (TPSA) is 117 Å². The van der Waals surface area contributed by atoms with Gasteiger partial charge in [-0.3, -0.25) is 19.3 Å². The van der Waals surface area contributed by atoms with Gasteiger partial charge >= 0.3 is 0 Å². The Kier molecular flexibility index (Phi) is 7.41. The second-order valence-corrected chi connectivity index (χ2v) is 9.67. The van der Waals surface area contributed by atoms with Crippen LogP contribution in [0.2, 0.25) is 0 Å². The molecule has 0 unspecified atom stereocenters. The summed E-state index contributed by atoms with van der Waals surface area (Å²) in [5.74, 6) is -0.764. The number of nitrogens with zero attached hydrogens (tertiary/aromatic N) is 1. The highest BCUT2D eigenvalue weighted by atomic mass is 32.2. The molecule has 36 heavy (non-hydrogen) atoms. The average molecular weight is 501 g/mol. The number of nitrogens with one attached hydrogen (secondary N) is 3. The summed E-state index contributed by atoms with van der Waals surface area (Å²) in [6.45, 7) is 2.01. The van der Waals surface area contributed by atoms with E-state index in [4.69, 9.17) is 0 Å². The minimum atomic E-state index is -3.76. The van der Waals surface area contributed by atoms with Gasteiger partial charge in [0.05, 0.1) is 21.8 Å². The zero-order valence-electron chi connectivity index (χ0n) is 19.4. The van der Waals surface area contributed by atoms with Crippen LogP contribution in [0.5, 0.6) is 0 Å². The molecule has 1 aromatic heterocycles. The number of hydrogen-bond acceptors (Lipinski definition) is 5. The molecule has 3 aromatic carbocycles. The third kappa shape index (κ3) is 5.94. The molecular weight excluding hydrogens is 476 g/mol. The van der Waals surface area contributed by atoms with Crippen LogP contribution in [0.3, 0.4) is 0 Å². The van der Waals surface area contributed by atoms with Gasteiger partial charge < -0.3 is 10.6 Å². The van der Waals surface area contributed by atoms with E-state index >= 15 is 0 Å². The van der Waals surface area contributed by atoms with E-state index in [-0.39, 0.29) is 10.8 Å². The Morgan fingerprint density at radius 1 is 0.833 bits per heavy atom. The average Bonchev–Trinajstić information content (AvgIpc) is 2.90. The Morgan fingerprint density at radius 3 is 2.31 bits per heavy atom. The summed E-state index contributed by atoms with van der Waals surface area (Å²) in [7, 11) is -3.76. The second kappa shape index (κ2) is 10.8. The largest absolute Gasteiger partial charge is 0.348 e. The van der Waals surface area contributed by atoms with E-state index in [1.165, 1.54) is 24.3 Å². The molecule has 8 nitrogen and oxygen atoms in total. The van der Waals surface area contributed by atoms with Crippen molar-refractivity contribution in [1.82, 2.24) is 10.3 Å². The monoisotopic (exact) mass is 500 g/mol. The SMILES string of the molecule is Cc1cc(C(=O)Nc2ccccc2C(=O)NCc2cccnc2)ccc1NS(=O)(=O)c1ccccc1. The Balaban J connectivity index is 1.46. The van der Waals surface area contributed by atoms with Gasteiger partial charge in [0.1, 0.15) is 0 Å². The molecule has 182 valence electrons. The number of benzene rings is 3. The molecule has 0 saturated carbocycles. The first kappa shape index (κ1) is 24.6. The van der Waals surface area contributed by atoms with Crippen LogP contribution in [-0.2, 0) is 16.6 Å². The summed E-state index contributed by atoms with van der Waals surface area (Å²) in [6, 6.07) is 23.0. The van der Waals surface area contributed by atoms with Crippen molar-refractivity contribution < 1.29 is 18.0 Å². The van der Waals surface area contributed by atoms with Gasteiger partial charge in [-0.15, -0.1) is 0 Å². The maximum atomic E-state index is 12.9. The van der Waals surface area contributed by atoms with Crippen molar-refractivity contribution in [2.24, 2.45) is 0 Å². The molecule has 9 heteroatoms. The van der Waals surface area contributed by atoms with Crippen LogP contribution < -0.4 is 15.4 Å². The normalized spacial score (nSPS) is 10.9. The Labute approximate surface area is 209 Å². The third-order valence-electron chi connectivity index (χ3n) is 5.38. The Hall–Kier alpha value is -4.50. The van der Waals surface area contributed by atoms with Gasteiger partial charge in [0.2, 0.25) is 0 Å². The van der Waals surface area contributed by atoms with E-state index in [0.717, 1.165) is 5.56 Å². The summed E-state index contributed by atoms with van der Waals surface area (Å²) in [4.78, 5) is 29.9. The fourth-order valence-corrected chi connectivity index (χ4v) is 4.64. The zero-order chi connectivity index (χ0) is 25.5. The lowest BCUT2D eigenvalue weighted by Crippen LogP contribution is -2.25. The molecule has 0 atom stereocenters. The molecule has 4 aromatic rings. The number of pyridine rings is 1. The van der Waals surface area contributed by atoms with Crippen LogP contribution in [-0.4, -0.2) is 25.2 Å². The standard InChI is InChI=1S/C27H24N4O4S/c1-19-16-21(13-14-24(19)31-36(34,35)22-9-3-2-4-10-22)26(32)30-25-12-6-5-11-23(25)27(33)29-18-20-8-7-15-28-17-20/h2-17,31H,18H2,1H3,(H,29,33)(H,30,32). The Morgan fingerprint density at radius 2 is 1.58 bits per heavy atom. The van der Waals surface area contributed by atoms with Gasteiger partial charge in [-0.1, -0.05) is 36.4 Å². The summed E-state index contributed by atoms with van der Waals surface area (Å²) in [5, 5.41) is 5.60. The van der Waals surface area contributed by atoms with Crippen LogP contribution in [0, 0.1) is 6.92 Å². The molecule has 0 fully saturated rings. The van der Waals surface area contributed by atoms with Crippen molar-refractivity contribution in [2.75, 3.05) is 10.0 Å². The molecule has 0 aliphatic heterocycles. The van der Waals surface area contributed by atoms with Crippen molar-refractivity contribution >= 4 is 33.2 Å². The molecule has 0 aliphatic rings. The number of amides is 2. The van der Waals surface area contributed by atoms with Crippen LogP contribution in [0.1, 0.15) is 31.8 Å². The number of aromatic nitrogens is 1. The lowest BCUT2D eigenvalue weighted by Gasteiger charge is -2.14. The molecule has 0 saturated heterocycles. The van der Waals surface area contributed by atoms with Gasteiger partial charge in [0.25, 0.3) is 21.8 Å². The van der Waals surface area contributed by atoms with Crippen LogP contribution in [0.25, 0.3) is 0 Å². The van der Waals surface area contributed by atoms with Crippen molar-refractivity contribution in [3.8, 4) is 0 Å². The quantitative estimate of drug-likeness (QED) is 0.332. The number of aryl methyl sites for hydroxylation is 1. The highest BCUT2D eigenvalue weighted by Gasteiger charge is 2.17. The highest BCUT2D eigenvalue weighted by Crippen LogP contribution is 2.22. The summed E-state index contributed by atoms with van der Waals surface area (Å²) in [6.07, 6.45) is 3.32. The minimum Gasteiger partial charge on any atom is -0.348 e. The first-order valence-electron chi connectivity index (χ1n) is 11.1. The van der Waals surface area contributed by atoms with Crippen LogP contribution in [0.4, 0.5) is 11.4 Å². The molecule has 4 rings (SSSR count). The fourth-order valence-electron chi connectivity index (χ4n) is 3.49. The van der Waals surface area contributed by atoms with E-state index in [2.05, 4.69) is 20.3 Å². The lowest BCUT2D eigenvalue weighted by molar-refractivity contribution is 0.0951. The maximum Gasteiger partial charge on any atom is 0.261 e. The van der Waals surface area contributed by atoms with Crippen LogP contribution >= 0.6 is 0 Å². The van der Waals surface area contributed by atoms with Crippen molar-refractivity contribution in [2.45, 2.75) is 18.4 Å². The number of hydrogen-bond donors (Lipinski definition) is 3. The number of carbonyl (C=O) groups is 2. The third-order valence-corrected chi connectivity index (χ3v) is 6.76. The first-order valence-corrected chi connectivity index (χ1v) is 12.6. The molecular formula is C27H24N4O4S. The van der Waals surface area contributed by atoms with Crippen molar-refractivity contribution in [3.05, 3.63) is 120 Å². The predicted octanol–water partition coefficient (Wildman–Crippen LogP) is 4.37. The van der Waals surface area contributed by atoms with Crippen LogP contribution in [0.15, 0.2) is 102 Å². The molecule has 0 spiro atoms. The number of sulfonamides is 1. The molecule has 0 aliphatic carbocycles. The van der Waals surface area contributed by atoms with E-state index in [9.17, 15) is 18.0 Å². The molecule has 0 radical (unpaired) electrons. The van der Waals surface area contributed by atoms with Crippen molar-refractivity contribution in [3.63, 3.8) is 0 Å². The first-order chi connectivity index (χ1) is 17.3. The number of rotatable bonds is 8. The zero-order valence-corrected chi connectivity index (χ0v) is 20.2. The molecule has 2 amide bonds. The van der Waals surface area contributed by atoms with Crippen molar-refractivity contribution in [1.29, 1.82) is 0 Å².